The molecule has 0 saturated carbocycles. The standard InChI is InChI=1S/C15H19N5O2S/c1-11(2)9-20-14(12-5-3-8-22-12)18-19-15(20)23-10-13(21)17-7-4-6-16/h3,5,8,11H,4,7,9-10H2,1-2H3,(H,17,21). The summed E-state index contributed by atoms with van der Waals surface area (Å²) in [4.78, 5) is 11.7. The Morgan fingerprint density at radius 3 is 3.00 bits per heavy atom. The maximum absolute atomic E-state index is 11.7. The minimum atomic E-state index is -0.121. The fourth-order valence-corrected chi connectivity index (χ4v) is 2.73. The number of thioether (sulfide) groups is 1. The zero-order chi connectivity index (χ0) is 16.7. The van der Waals surface area contributed by atoms with E-state index in [-0.39, 0.29) is 11.7 Å². The summed E-state index contributed by atoms with van der Waals surface area (Å²) >= 11 is 1.33. The zero-order valence-corrected chi connectivity index (χ0v) is 14.0. The van der Waals surface area contributed by atoms with Crippen LogP contribution in [0.25, 0.3) is 11.6 Å². The molecule has 0 saturated heterocycles. The Morgan fingerprint density at radius 1 is 1.52 bits per heavy atom. The quantitative estimate of drug-likeness (QED) is 0.588. The van der Waals surface area contributed by atoms with Crippen LogP contribution in [0.1, 0.15) is 20.3 Å². The molecule has 1 N–H and O–H groups in total. The third kappa shape index (κ3) is 4.86. The Balaban J connectivity index is 2.06. The first kappa shape index (κ1) is 17.1. The van der Waals surface area contributed by atoms with Crippen molar-refractivity contribution in [2.24, 2.45) is 5.92 Å². The minimum absolute atomic E-state index is 0.121. The molecular formula is C15H19N5O2S. The van der Waals surface area contributed by atoms with Crippen molar-refractivity contribution in [1.82, 2.24) is 20.1 Å². The van der Waals surface area contributed by atoms with Gasteiger partial charge in [0.15, 0.2) is 16.7 Å². The number of nitriles is 1. The summed E-state index contributed by atoms with van der Waals surface area (Å²) in [5.41, 5.74) is 0. The topological polar surface area (TPSA) is 96.7 Å². The van der Waals surface area contributed by atoms with Gasteiger partial charge in [-0.3, -0.25) is 9.36 Å². The monoisotopic (exact) mass is 333 g/mol. The first-order valence-electron chi connectivity index (χ1n) is 7.35. The summed E-state index contributed by atoms with van der Waals surface area (Å²) in [5, 5.41) is 20.2. The van der Waals surface area contributed by atoms with Crippen LogP contribution in [0.3, 0.4) is 0 Å². The molecule has 2 rings (SSSR count). The van der Waals surface area contributed by atoms with Crippen molar-refractivity contribution in [3.8, 4) is 17.7 Å². The molecule has 8 heteroatoms. The molecule has 0 unspecified atom stereocenters. The Bertz CT molecular complexity index is 673. The van der Waals surface area contributed by atoms with Crippen LogP contribution in [0.5, 0.6) is 0 Å². The van der Waals surface area contributed by atoms with E-state index in [9.17, 15) is 4.79 Å². The molecule has 7 nitrogen and oxygen atoms in total. The summed E-state index contributed by atoms with van der Waals surface area (Å²) in [6.45, 7) is 5.32. The molecule has 0 bridgehead atoms. The molecule has 2 aromatic rings. The highest BCUT2D eigenvalue weighted by atomic mass is 32.2. The van der Waals surface area contributed by atoms with Gasteiger partial charge in [0.1, 0.15) is 0 Å². The molecule has 23 heavy (non-hydrogen) atoms. The van der Waals surface area contributed by atoms with Crippen LogP contribution in [0.4, 0.5) is 0 Å². The van der Waals surface area contributed by atoms with E-state index in [1.165, 1.54) is 11.8 Å². The van der Waals surface area contributed by atoms with Gasteiger partial charge in [-0.1, -0.05) is 25.6 Å². The summed E-state index contributed by atoms with van der Waals surface area (Å²) in [6, 6.07) is 5.63. The molecule has 1 amide bonds. The van der Waals surface area contributed by atoms with Gasteiger partial charge < -0.3 is 9.73 Å². The zero-order valence-electron chi connectivity index (χ0n) is 13.2. The van der Waals surface area contributed by atoms with Gasteiger partial charge in [0.25, 0.3) is 0 Å². The number of hydrogen-bond donors (Lipinski definition) is 1. The van der Waals surface area contributed by atoms with Crippen LogP contribution >= 0.6 is 11.8 Å². The number of aromatic nitrogens is 3. The van der Waals surface area contributed by atoms with Crippen LogP contribution < -0.4 is 5.32 Å². The van der Waals surface area contributed by atoms with Crippen molar-refractivity contribution in [2.45, 2.75) is 32.0 Å². The van der Waals surface area contributed by atoms with Gasteiger partial charge in [-0.15, -0.1) is 10.2 Å². The molecule has 0 aliphatic heterocycles. The van der Waals surface area contributed by atoms with Gasteiger partial charge in [-0.25, -0.2) is 0 Å². The SMILES string of the molecule is CC(C)Cn1c(SCC(=O)NCCC#N)nnc1-c1ccco1. The third-order valence-electron chi connectivity index (χ3n) is 2.90. The molecule has 0 aliphatic rings. The lowest BCUT2D eigenvalue weighted by Crippen LogP contribution is -2.26. The molecule has 0 atom stereocenters. The van der Waals surface area contributed by atoms with E-state index in [0.717, 1.165) is 6.54 Å². The molecule has 0 radical (unpaired) electrons. The Kier molecular flexibility index (Phi) is 6.23. The van der Waals surface area contributed by atoms with Crippen LogP contribution in [0.2, 0.25) is 0 Å². The first-order chi connectivity index (χ1) is 11.1. The van der Waals surface area contributed by atoms with Gasteiger partial charge in [-0.2, -0.15) is 5.26 Å². The van der Waals surface area contributed by atoms with E-state index in [2.05, 4.69) is 29.4 Å². The Labute approximate surface area is 139 Å². The molecular weight excluding hydrogens is 314 g/mol. The minimum Gasteiger partial charge on any atom is -0.461 e. The maximum atomic E-state index is 11.7. The van der Waals surface area contributed by atoms with E-state index in [1.807, 2.05) is 16.7 Å². The number of carbonyl (C=O) groups is 1. The van der Waals surface area contributed by atoms with E-state index in [1.54, 1.807) is 12.3 Å². The normalized spacial score (nSPS) is 10.7. The number of rotatable bonds is 8. The van der Waals surface area contributed by atoms with Gasteiger partial charge in [0, 0.05) is 13.1 Å². The van der Waals surface area contributed by atoms with Crippen LogP contribution in [-0.2, 0) is 11.3 Å². The third-order valence-corrected chi connectivity index (χ3v) is 3.86. The van der Waals surface area contributed by atoms with Gasteiger partial charge in [0.05, 0.1) is 24.5 Å². The summed E-state index contributed by atoms with van der Waals surface area (Å²) in [5.74, 6) is 1.84. The van der Waals surface area contributed by atoms with Crippen molar-refractivity contribution in [1.29, 1.82) is 5.26 Å². The number of hydrogen-bond acceptors (Lipinski definition) is 6. The predicted octanol–water partition coefficient (Wildman–Crippen LogP) is 2.32. The molecule has 122 valence electrons. The van der Waals surface area contributed by atoms with Gasteiger partial charge in [-0.05, 0) is 18.1 Å². The van der Waals surface area contributed by atoms with E-state index in [0.29, 0.717) is 35.6 Å². The van der Waals surface area contributed by atoms with E-state index >= 15 is 0 Å². The Hall–Kier alpha value is -2.27. The van der Waals surface area contributed by atoms with Crippen LogP contribution in [-0.4, -0.2) is 33.0 Å². The largest absolute Gasteiger partial charge is 0.461 e. The van der Waals surface area contributed by atoms with Crippen molar-refractivity contribution >= 4 is 17.7 Å². The number of amides is 1. The fraction of sp³-hybridized carbons (Fsp3) is 0.467. The summed E-state index contributed by atoms with van der Waals surface area (Å²) < 4.78 is 7.37. The second-order valence-corrected chi connectivity index (χ2v) is 6.28. The lowest BCUT2D eigenvalue weighted by atomic mass is 10.2. The highest BCUT2D eigenvalue weighted by Gasteiger charge is 2.18. The van der Waals surface area contributed by atoms with E-state index in [4.69, 9.17) is 9.68 Å². The van der Waals surface area contributed by atoms with Crippen molar-refractivity contribution in [2.75, 3.05) is 12.3 Å². The second kappa shape index (κ2) is 8.39. The van der Waals surface area contributed by atoms with Gasteiger partial charge >= 0.3 is 0 Å². The van der Waals surface area contributed by atoms with Crippen LogP contribution in [0, 0.1) is 17.2 Å². The molecule has 2 aromatic heterocycles. The Morgan fingerprint density at radius 2 is 2.35 bits per heavy atom. The average molecular weight is 333 g/mol. The molecule has 0 spiro atoms. The molecule has 2 heterocycles. The fourth-order valence-electron chi connectivity index (χ4n) is 1.95. The average Bonchev–Trinajstić information content (AvgIpc) is 3.14. The van der Waals surface area contributed by atoms with E-state index < -0.39 is 0 Å². The summed E-state index contributed by atoms with van der Waals surface area (Å²) in [7, 11) is 0. The first-order valence-corrected chi connectivity index (χ1v) is 8.34. The van der Waals surface area contributed by atoms with Crippen molar-refractivity contribution in [3.63, 3.8) is 0 Å². The number of furan rings is 1. The molecule has 0 aliphatic carbocycles. The van der Waals surface area contributed by atoms with Crippen molar-refractivity contribution < 1.29 is 9.21 Å². The van der Waals surface area contributed by atoms with Crippen molar-refractivity contribution in [3.05, 3.63) is 18.4 Å². The highest BCUT2D eigenvalue weighted by Crippen LogP contribution is 2.25. The number of nitrogens with zero attached hydrogens (tertiary/aromatic N) is 4. The molecule has 0 aromatic carbocycles. The smallest absolute Gasteiger partial charge is 0.230 e. The predicted molar refractivity (Wildman–Crippen MR) is 86.5 cm³/mol. The maximum Gasteiger partial charge on any atom is 0.230 e. The lowest BCUT2D eigenvalue weighted by Gasteiger charge is -2.11. The number of nitrogens with one attached hydrogen (secondary N) is 1. The number of carbonyl (C=O) groups excluding carboxylic acids is 1. The van der Waals surface area contributed by atoms with Crippen LogP contribution in [0.15, 0.2) is 28.0 Å². The summed E-state index contributed by atoms with van der Waals surface area (Å²) in [6.07, 6.45) is 1.90. The van der Waals surface area contributed by atoms with Gasteiger partial charge in [0.2, 0.25) is 5.91 Å². The molecule has 0 fully saturated rings. The lowest BCUT2D eigenvalue weighted by molar-refractivity contribution is -0.118. The highest BCUT2D eigenvalue weighted by molar-refractivity contribution is 7.99. The second-order valence-electron chi connectivity index (χ2n) is 5.33.